The van der Waals surface area contributed by atoms with Gasteiger partial charge in [-0.25, -0.2) is 4.68 Å². The topological polar surface area (TPSA) is 65.4 Å². The monoisotopic (exact) mass is 275 g/mol. The highest BCUT2D eigenvalue weighted by molar-refractivity contribution is 6.32. The zero-order valence-electron chi connectivity index (χ0n) is 10.8. The molecule has 1 heterocycles. The predicted octanol–water partition coefficient (Wildman–Crippen LogP) is 0.990. The van der Waals surface area contributed by atoms with Crippen LogP contribution in [-0.4, -0.2) is 43.3 Å². The molecule has 1 aromatic rings. The van der Waals surface area contributed by atoms with Crippen LogP contribution in [0.5, 0.6) is 0 Å². The molecular formula is C11H18ClN3O3. The highest BCUT2D eigenvalue weighted by Crippen LogP contribution is 2.15. The van der Waals surface area contributed by atoms with Gasteiger partial charge in [0.15, 0.2) is 0 Å². The van der Waals surface area contributed by atoms with Crippen LogP contribution in [0.4, 0.5) is 5.69 Å². The minimum Gasteiger partial charge on any atom is -0.383 e. The first-order valence-corrected chi connectivity index (χ1v) is 5.99. The van der Waals surface area contributed by atoms with E-state index in [0.717, 1.165) is 0 Å². The summed E-state index contributed by atoms with van der Waals surface area (Å²) in [6, 6.07) is 0. The summed E-state index contributed by atoms with van der Waals surface area (Å²) >= 11 is 5.99. The summed E-state index contributed by atoms with van der Waals surface area (Å²) in [6.45, 7) is 3.26. The maximum atomic E-state index is 11.9. The quantitative estimate of drug-likeness (QED) is 0.804. The van der Waals surface area contributed by atoms with E-state index in [1.807, 2.05) is 6.92 Å². The fraction of sp³-hybridized carbons (Fsp3) is 0.636. The number of hydrogen-bond acceptors (Lipinski definition) is 5. The number of halogens is 1. The zero-order chi connectivity index (χ0) is 13.5. The van der Waals surface area contributed by atoms with Gasteiger partial charge in [-0.05, 0) is 6.92 Å². The van der Waals surface area contributed by atoms with E-state index in [0.29, 0.717) is 25.4 Å². The Labute approximate surface area is 111 Å². The average Bonchev–Trinajstić information content (AvgIpc) is 2.39. The Morgan fingerprint density at radius 1 is 1.56 bits per heavy atom. The highest BCUT2D eigenvalue weighted by Gasteiger charge is 2.09. The predicted molar refractivity (Wildman–Crippen MR) is 70.3 cm³/mol. The van der Waals surface area contributed by atoms with Crippen molar-refractivity contribution in [2.45, 2.75) is 19.6 Å². The Kier molecular flexibility index (Phi) is 6.11. The van der Waals surface area contributed by atoms with Gasteiger partial charge in [0.25, 0.3) is 5.56 Å². The second-order valence-electron chi connectivity index (χ2n) is 3.82. The van der Waals surface area contributed by atoms with Crippen LogP contribution in [0.25, 0.3) is 0 Å². The number of hydrogen-bond donors (Lipinski definition) is 1. The van der Waals surface area contributed by atoms with Crippen LogP contribution < -0.4 is 10.9 Å². The molecule has 0 spiro atoms. The van der Waals surface area contributed by atoms with Crippen LogP contribution in [0.1, 0.15) is 6.92 Å². The average molecular weight is 276 g/mol. The lowest BCUT2D eigenvalue weighted by molar-refractivity contribution is 0.129. The third-order valence-corrected chi connectivity index (χ3v) is 2.84. The number of methoxy groups -OCH3 is 2. The van der Waals surface area contributed by atoms with E-state index in [-0.39, 0.29) is 16.7 Å². The van der Waals surface area contributed by atoms with E-state index >= 15 is 0 Å². The lowest BCUT2D eigenvalue weighted by atomic mass is 10.3. The normalized spacial score (nSPS) is 12.4. The molecule has 0 saturated carbocycles. The van der Waals surface area contributed by atoms with Crippen molar-refractivity contribution >= 4 is 17.3 Å². The maximum absolute atomic E-state index is 11.9. The lowest BCUT2D eigenvalue weighted by Gasteiger charge is -2.13. The molecule has 6 nitrogen and oxygen atoms in total. The molecule has 0 aliphatic rings. The van der Waals surface area contributed by atoms with Gasteiger partial charge in [-0.2, -0.15) is 5.10 Å². The molecule has 1 atom stereocenters. The number of anilines is 1. The van der Waals surface area contributed by atoms with Crippen molar-refractivity contribution in [1.29, 1.82) is 0 Å². The molecular weight excluding hydrogens is 258 g/mol. The van der Waals surface area contributed by atoms with E-state index in [9.17, 15) is 4.79 Å². The first kappa shape index (κ1) is 14.9. The van der Waals surface area contributed by atoms with Gasteiger partial charge in [0, 0.05) is 20.8 Å². The number of nitrogens with one attached hydrogen (secondary N) is 1. The molecule has 0 radical (unpaired) electrons. The van der Waals surface area contributed by atoms with Crippen molar-refractivity contribution in [3.8, 4) is 0 Å². The summed E-state index contributed by atoms with van der Waals surface area (Å²) < 4.78 is 11.3. The maximum Gasteiger partial charge on any atom is 0.287 e. The van der Waals surface area contributed by atoms with Gasteiger partial charge in [-0.15, -0.1) is 0 Å². The van der Waals surface area contributed by atoms with Crippen molar-refractivity contribution in [1.82, 2.24) is 9.78 Å². The first-order valence-electron chi connectivity index (χ1n) is 5.61. The van der Waals surface area contributed by atoms with Gasteiger partial charge >= 0.3 is 0 Å². The first-order chi connectivity index (χ1) is 8.60. The van der Waals surface area contributed by atoms with Crippen molar-refractivity contribution in [2.75, 3.05) is 32.7 Å². The lowest BCUT2D eigenvalue weighted by Crippen LogP contribution is -2.27. The van der Waals surface area contributed by atoms with Crippen LogP contribution in [0.15, 0.2) is 11.0 Å². The number of rotatable bonds is 7. The summed E-state index contributed by atoms with van der Waals surface area (Å²) in [5.41, 5.74) is 0.183. The van der Waals surface area contributed by atoms with E-state index in [4.69, 9.17) is 21.1 Å². The zero-order valence-corrected chi connectivity index (χ0v) is 11.5. The van der Waals surface area contributed by atoms with Crippen LogP contribution in [0.2, 0.25) is 5.02 Å². The SMILES string of the molecule is COCCn1ncc(NCC(C)OC)c(Cl)c1=O. The summed E-state index contributed by atoms with van der Waals surface area (Å²) in [5, 5.41) is 7.17. The molecule has 18 heavy (non-hydrogen) atoms. The molecule has 0 bridgehead atoms. The standard InChI is InChI=1S/C11H18ClN3O3/c1-8(18-3)6-13-9-7-14-15(4-5-17-2)11(16)10(9)12/h7-8,13H,4-6H2,1-3H3. The molecule has 0 fully saturated rings. The Bertz CT molecular complexity index is 436. The van der Waals surface area contributed by atoms with Crippen molar-refractivity contribution in [3.05, 3.63) is 21.6 Å². The van der Waals surface area contributed by atoms with Crippen molar-refractivity contribution in [2.24, 2.45) is 0 Å². The molecule has 0 amide bonds. The number of aromatic nitrogens is 2. The third kappa shape index (κ3) is 3.97. The summed E-state index contributed by atoms with van der Waals surface area (Å²) in [6.07, 6.45) is 1.55. The van der Waals surface area contributed by atoms with E-state index in [1.54, 1.807) is 14.2 Å². The molecule has 0 saturated heterocycles. The summed E-state index contributed by atoms with van der Waals surface area (Å²) in [5.74, 6) is 0. The molecule has 1 N–H and O–H groups in total. The smallest absolute Gasteiger partial charge is 0.287 e. The van der Waals surface area contributed by atoms with Crippen LogP contribution in [0, 0.1) is 0 Å². The Morgan fingerprint density at radius 2 is 2.28 bits per heavy atom. The Morgan fingerprint density at radius 3 is 2.89 bits per heavy atom. The van der Waals surface area contributed by atoms with Crippen LogP contribution >= 0.6 is 11.6 Å². The minimum absolute atomic E-state index is 0.0250. The van der Waals surface area contributed by atoms with Gasteiger partial charge in [-0.1, -0.05) is 11.6 Å². The van der Waals surface area contributed by atoms with E-state index < -0.39 is 0 Å². The van der Waals surface area contributed by atoms with Crippen LogP contribution in [0.3, 0.4) is 0 Å². The molecule has 7 heteroatoms. The third-order valence-electron chi connectivity index (χ3n) is 2.47. The molecule has 0 aliphatic heterocycles. The van der Waals surface area contributed by atoms with Gasteiger partial charge in [-0.3, -0.25) is 4.79 Å². The molecule has 1 rings (SSSR count). The van der Waals surface area contributed by atoms with Crippen molar-refractivity contribution in [3.63, 3.8) is 0 Å². The van der Waals surface area contributed by atoms with E-state index in [2.05, 4.69) is 10.4 Å². The second-order valence-corrected chi connectivity index (χ2v) is 4.20. The fourth-order valence-electron chi connectivity index (χ4n) is 1.26. The van der Waals surface area contributed by atoms with Gasteiger partial charge in [0.2, 0.25) is 0 Å². The number of ether oxygens (including phenoxy) is 2. The largest absolute Gasteiger partial charge is 0.383 e. The van der Waals surface area contributed by atoms with Gasteiger partial charge in [0.05, 0.1) is 31.1 Å². The molecule has 102 valence electrons. The molecule has 1 aromatic heterocycles. The van der Waals surface area contributed by atoms with E-state index in [1.165, 1.54) is 10.9 Å². The Hall–Kier alpha value is -1.11. The molecule has 0 aromatic carbocycles. The highest BCUT2D eigenvalue weighted by atomic mass is 35.5. The summed E-state index contributed by atoms with van der Waals surface area (Å²) in [4.78, 5) is 11.9. The fourth-order valence-corrected chi connectivity index (χ4v) is 1.48. The Balaban J connectivity index is 2.77. The van der Waals surface area contributed by atoms with Gasteiger partial charge < -0.3 is 14.8 Å². The van der Waals surface area contributed by atoms with Crippen LogP contribution in [-0.2, 0) is 16.0 Å². The van der Waals surface area contributed by atoms with Crippen molar-refractivity contribution < 1.29 is 9.47 Å². The number of nitrogens with zero attached hydrogens (tertiary/aromatic N) is 2. The second kappa shape index (κ2) is 7.35. The molecule has 0 aliphatic carbocycles. The molecule has 1 unspecified atom stereocenters. The minimum atomic E-state index is -0.330. The van der Waals surface area contributed by atoms with Gasteiger partial charge in [0.1, 0.15) is 5.02 Å². The summed E-state index contributed by atoms with van der Waals surface area (Å²) in [7, 11) is 3.18.